The molecule has 1 aliphatic heterocycles. The first-order valence-corrected chi connectivity index (χ1v) is 11.0. The van der Waals surface area contributed by atoms with Gasteiger partial charge in [0.2, 0.25) is 0 Å². The van der Waals surface area contributed by atoms with Crippen LogP contribution in [-0.4, -0.2) is 37.6 Å². The van der Waals surface area contributed by atoms with Crippen molar-refractivity contribution in [3.05, 3.63) is 0 Å². The van der Waals surface area contributed by atoms with Crippen LogP contribution in [0.2, 0.25) is 0 Å². The number of aliphatic hydroxyl groups is 1. The van der Waals surface area contributed by atoms with Crippen molar-refractivity contribution < 1.29 is 14.6 Å². The number of hydrogen-bond acceptors (Lipinski definition) is 3. The van der Waals surface area contributed by atoms with E-state index in [1.54, 1.807) is 0 Å². The van der Waals surface area contributed by atoms with Crippen molar-refractivity contribution in [2.45, 2.75) is 70.8 Å². The fraction of sp³-hybridized carbons (Fsp3) is 1.00. The molecule has 8 atom stereocenters. The van der Waals surface area contributed by atoms with Crippen molar-refractivity contribution in [2.75, 3.05) is 26.4 Å². The lowest BCUT2D eigenvalue weighted by molar-refractivity contribution is -0.166. The van der Waals surface area contributed by atoms with Gasteiger partial charge in [0.15, 0.2) is 0 Å². The molecular weight excluding hydrogens is 312 g/mol. The van der Waals surface area contributed by atoms with Crippen LogP contribution in [0.25, 0.3) is 0 Å². The quantitative estimate of drug-likeness (QED) is 0.777. The lowest BCUT2D eigenvalue weighted by atomic mass is 9.43. The molecule has 5 rings (SSSR count). The molecule has 3 heteroatoms. The van der Waals surface area contributed by atoms with E-state index in [1.165, 1.54) is 57.8 Å². The van der Waals surface area contributed by atoms with Gasteiger partial charge >= 0.3 is 0 Å². The van der Waals surface area contributed by atoms with E-state index in [0.717, 1.165) is 31.7 Å². The predicted octanol–water partition coefficient (Wildman–Crippen LogP) is 4.03. The minimum atomic E-state index is 0.253. The minimum Gasteiger partial charge on any atom is -0.396 e. The van der Waals surface area contributed by atoms with Crippen molar-refractivity contribution in [1.29, 1.82) is 0 Å². The summed E-state index contributed by atoms with van der Waals surface area (Å²) in [6, 6.07) is 0. The van der Waals surface area contributed by atoms with Gasteiger partial charge in [0, 0.05) is 12.0 Å². The Bertz CT molecular complexity index is 508. The van der Waals surface area contributed by atoms with Gasteiger partial charge in [-0.15, -0.1) is 0 Å². The summed E-state index contributed by atoms with van der Waals surface area (Å²) in [7, 11) is 0. The second kappa shape index (κ2) is 6.21. The lowest BCUT2D eigenvalue weighted by Crippen LogP contribution is -2.58. The Kier molecular flexibility index (Phi) is 4.22. The van der Waals surface area contributed by atoms with Crippen molar-refractivity contribution in [3.8, 4) is 0 Å². The van der Waals surface area contributed by atoms with Crippen LogP contribution in [0, 0.1) is 40.4 Å². The van der Waals surface area contributed by atoms with Crippen LogP contribution >= 0.6 is 0 Å². The lowest BCUT2D eigenvalue weighted by Gasteiger charge is -2.62. The highest BCUT2D eigenvalue weighted by atomic mass is 16.5. The smallest absolute Gasteiger partial charge is 0.0704 e. The molecule has 0 amide bonds. The van der Waals surface area contributed by atoms with E-state index in [4.69, 9.17) is 9.47 Å². The maximum Gasteiger partial charge on any atom is 0.0704 e. The fourth-order valence-electron chi connectivity index (χ4n) is 8.45. The van der Waals surface area contributed by atoms with E-state index in [9.17, 15) is 5.11 Å². The fourth-order valence-corrected chi connectivity index (χ4v) is 8.45. The van der Waals surface area contributed by atoms with Crippen LogP contribution in [0.3, 0.4) is 0 Å². The van der Waals surface area contributed by atoms with Crippen molar-refractivity contribution in [1.82, 2.24) is 0 Å². The molecule has 0 aromatic carbocycles. The van der Waals surface area contributed by atoms with Crippen LogP contribution in [0.15, 0.2) is 0 Å². The third-order valence-corrected chi connectivity index (χ3v) is 9.55. The van der Waals surface area contributed by atoms with Gasteiger partial charge in [-0.25, -0.2) is 0 Å². The summed E-state index contributed by atoms with van der Waals surface area (Å²) >= 11 is 0. The molecule has 3 nitrogen and oxygen atoms in total. The summed E-state index contributed by atoms with van der Waals surface area (Å²) in [5.41, 5.74) is 0.781. The molecule has 1 heterocycles. The molecule has 1 N–H and O–H groups in total. The number of rotatable bonds is 1. The maximum atomic E-state index is 10.3. The Balaban J connectivity index is 1.51. The van der Waals surface area contributed by atoms with E-state index in [1.807, 2.05) is 0 Å². The normalized spacial score (nSPS) is 55.4. The molecule has 5 aliphatic rings. The van der Waals surface area contributed by atoms with Crippen LogP contribution < -0.4 is 0 Å². The molecule has 1 saturated heterocycles. The molecule has 2 unspecified atom stereocenters. The maximum absolute atomic E-state index is 10.3. The monoisotopic (exact) mass is 348 g/mol. The average Bonchev–Trinajstić information content (AvgIpc) is 2.87. The molecule has 142 valence electrons. The molecule has 0 radical (unpaired) electrons. The highest BCUT2D eigenvalue weighted by molar-refractivity contribution is 5.12. The van der Waals surface area contributed by atoms with E-state index >= 15 is 0 Å². The number of hydrogen-bond donors (Lipinski definition) is 1. The zero-order valence-corrected chi connectivity index (χ0v) is 15.9. The molecule has 4 aliphatic carbocycles. The Labute approximate surface area is 152 Å². The number of fused-ring (bicyclic) bond motifs is 4. The van der Waals surface area contributed by atoms with Gasteiger partial charge in [0.1, 0.15) is 0 Å². The first-order valence-electron chi connectivity index (χ1n) is 11.0. The van der Waals surface area contributed by atoms with Gasteiger partial charge < -0.3 is 14.6 Å². The molecule has 0 aromatic heterocycles. The van der Waals surface area contributed by atoms with E-state index in [-0.39, 0.29) is 5.41 Å². The van der Waals surface area contributed by atoms with Gasteiger partial charge in [-0.2, -0.15) is 0 Å². The van der Waals surface area contributed by atoms with Gasteiger partial charge in [-0.05, 0) is 80.0 Å². The Hall–Kier alpha value is -0.120. The van der Waals surface area contributed by atoms with Gasteiger partial charge in [0.25, 0.3) is 0 Å². The summed E-state index contributed by atoms with van der Waals surface area (Å²) in [6.45, 7) is 5.46. The number of aliphatic hydroxyl groups excluding tert-OH is 1. The molecule has 0 bridgehead atoms. The average molecular weight is 349 g/mol. The number of ether oxygens (including phenoxy) is 2. The Morgan fingerprint density at radius 1 is 1.00 bits per heavy atom. The Morgan fingerprint density at radius 3 is 2.80 bits per heavy atom. The summed E-state index contributed by atoms with van der Waals surface area (Å²) in [6.07, 6.45) is 12.5. The first kappa shape index (κ1) is 17.0. The van der Waals surface area contributed by atoms with E-state index < -0.39 is 0 Å². The zero-order valence-electron chi connectivity index (χ0n) is 15.9. The summed E-state index contributed by atoms with van der Waals surface area (Å²) < 4.78 is 12.3. The molecular formula is C22H36O3. The van der Waals surface area contributed by atoms with Crippen LogP contribution in [-0.2, 0) is 9.47 Å². The summed E-state index contributed by atoms with van der Waals surface area (Å²) in [5, 5.41) is 10.3. The minimum absolute atomic E-state index is 0.253. The van der Waals surface area contributed by atoms with Gasteiger partial charge in [0.05, 0.1) is 25.9 Å². The second-order valence-corrected chi connectivity index (χ2v) is 10.2. The largest absolute Gasteiger partial charge is 0.396 e. The molecule has 25 heavy (non-hydrogen) atoms. The predicted molar refractivity (Wildman–Crippen MR) is 97.2 cm³/mol. The third kappa shape index (κ3) is 2.34. The van der Waals surface area contributed by atoms with Crippen molar-refractivity contribution >= 4 is 0 Å². The van der Waals surface area contributed by atoms with Gasteiger partial charge in [-0.3, -0.25) is 0 Å². The first-order chi connectivity index (χ1) is 12.2. The highest BCUT2D eigenvalue weighted by Gasteiger charge is 2.64. The van der Waals surface area contributed by atoms with E-state index in [2.05, 4.69) is 6.92 Å². The molecule has 0 aromatic rings. The molecule has 5 fully saturated rings. The van der Waals surface area contributed by atoms with Crippen molar-refractivity contribution in [3.63, 3.8) is 0 Å². The summed E-state index contributed by atoms with van der Waals surface area (Å²) in [4.78, 5) is 0. The Morgan fingerprint density at radius 2 is 1.92 bits per heavy atom. The van der Waals surface area contributed by atoms with Crippen LogP contribution in [0.1, 0.15) is 64.7 Å². The molecule has 4 saturated carbocycles. The molecule has 1 spiro atoms. The second-order valence-electron chi connectivity index (χ2n) is 10.2. The highest BCUT2D eigenvalue weighted by Crippen LogP contribution is 2.68. The van der Waals surface area contributed by atoms with Crippen LogP contribution in [0.5, 0.6) is 0 Å². The van der Waals surface area contributed by atoms with Crippen molar-refractivity contribution in [2.24, 2.45) is 40.4 Å². The third-order valence-electron chi connectivity index (χ3n) is 9.55. The standard InChI is InChI=1S/C22H36O3/c1-21-8-3-2-4-16(21)12-15(13-23)20-17(21)7-9-22-14-24-10-11-25-19(22)6-5-18(20)22/h15-20,23H,2-14H2,1H3/t15-,16?,17-,18-,19?,20+,21-,22+/m0/s1. The zero-order chi connectivity index (χ0) is 17.1. The van der Waals surface area contributed by atoms with E-state index in [0.29, 0.717) is 35.9 Å². The summed E-state index contributed by atoms with van der Waals surface area (Å²) in [5.74, 6) is 3.61. The topological polar surface area (TPSA) is 38.7 Å². The SMILES string of the molecule is C[C@]12CCCCC1C[C@@H](CO)[C@H]1[C@@H]3CCC4OCCOC[C@@]43CC[C@@H]12. The van der Waals surface area contributed by atoms with Gasteiger partial charge in [-0.1, -0.05) is 19.8 Å². The van der Waals surface area contributed by atoms with Crippen LogP contribution in [0.4, 0.5) is 0 Å².